The van der Waals surface area contributed by atoms with E-state index in [-0.39, 0.29) is 0 Å². The summed E-state index contributed by atoms with van der Waals surface area (Å²) in [5.74, 6) is 0.772. The Labute approximate surface area is 90.5 Å². The van der Waals surface area contributed by atoms with Gasteiger partial charge in [0.15, 0.2) is 0 Å². The largest absolute Gasteiger partial charge is 0.306 e. The molecule has 1 fully saturated rings. The average Bonchev–Trinajstić information content (AvgIpc) is 2.79. The van der Waals surface area contributed by atoms with Crippen LogP contribution < -0.4 is 5.32 Å². The minimum absolute atomic E-state index is 0.600. The number of nitrogens with one attached hydrogen (secondary N) is 1. The molecule has 2 heteroatoms. The van der Waals surface area contributed by atoms with E-state index in [0.717, 1.165) is 12.0 Å². The minimum Gasteiger partial charge on any atom is -0.306 e. The molecular formula is C12H19NS. The van der Waals surface area contributed by atoms with Gasteiger partial charge in [-0.15, -0.1) is 11.3 Å². The number of thiophene rings is 1. The van der Waals surface area contributed by atoms with Crippen molar-refractivity contribution in [3.8, 4) is 0 Å². The molecule has 0 aliphatic heterocycles. The van der Waals surface area contributed by atoms with Gasteiger partial charge in [0.2, 0.25) is 0 Å². The second-order valence-electron chi connectivity index (χ2n) is 4.64. The van der Waals surface area contributed by atoms with E-state index in [1.807, 2.05) is 11.3 Å². The minimum atomic E-state index is 0.600. The standard InChI is InChI=1S/C12H19NS/c1-9(2)8-11(13-10-5-6-10)12-4-3-7-14-12/h3-4,7,9-11,13H,5-6,8H2,1-2H3. The zero-order valence-electron chi connectivity index (χ0n) is 8.99. The Morgan fingerprint density at radius 1 is 1.50 bits per heavy atom. The van der Waals surface area contributed by atoms with E-state index >= 15 is 0 Å². The predicted molar refractivity (Wildman–Crippen MR) is 62.7 cm³/mol. The van der Waals surface area contributed by atoms with Gasteiger partial charge in [0.05, 0.1) is 0 Å². The van der Waals surface area contributed by atoms with Gasteiger partial charge < -0.3 is 5.32 Å². The highest BCUT2D eigenvalue weighted by molar-refractivity contribution is 7.10. The Kier molecular flexibility index (Phi) is 3.24. The van der Waals surface area contributed by atoms with Crippen LogP contribution in [0.5, 0.6) is 0 Å². The maximum Gasteiger partial charge on any atom is 0.0419 e. The van der Waals surface area contributed by atoms with Crippen LogP contribution >= 0.6 is 11.3 Å². The zero-order chi connectivity index (χ0) is 9.97. The van der Waals surface area contributed by atoms with Crippen LogP contribution in [0.4, 0.5) is 0 Å². The smallest absolute Gasteiger partial charge is 0.0419 e. The zero-order valence-corrected chi connectivity index (χ0v) is 9.81. The van der Waals surface area contributed by atoms with Crippen molar-refractivity contribution in [1.29, 1.82) is 0 Å². The molecule has 0 aromatic carbocycles. The van der Waals surface area contributed by atoms with Crippen LogP contribution in [-0.4, -0.2) is 6.04 Å². The molecule has 0 bridgehead atoms. The first-order valence-corrected chi connectivity index (χ1v) is 6.43. The molecule has 1 aliphatic rings. The van der Waals surface area contributed by atoms with Crippen molar-refractivity contribution in [2.24, 2.45) is 5.92 Å². The lowest BCUT2D eigenvalue weighted by atomic mass is 10.0. The molecule has 1 unspecified atom stereocenters. The topological polar surface area (TPSA) is 12.0 Å². The van der Waals surface area contributed by atoms with Gasteiger partial charge >= 0.3 is 0 Å². The molecule has 1 saturated carbocycles. The summed E-state index contributed by atoms with van der Waals surface area (Å²) in [5, 5.41) is 5.91. The number of hydrogen-bond donors (Lipinski definition) is 1. The Balaban J connectivity index is 1.97. The summed E-state index contributed by atoms with van der Waals surface area (Å²) < 4.78 is 0. The van der Waals surface area contributed by atoms with Crippen LogP contribution in [0.25, 0.3) is 0 Å². The maximum absolute atomic E-state index is 3.74. The number of hydrogen-bond acceptors (Lipinski definition) is 2. The molecule has 0 radical (unpaired) electrons. The van der Waals surface area contributed by atoms with Gasteiger partial charge in [-0.25, -0.2) is 0 Å². The number of rotatable bonds is 5. The van der Waals surface area contributed by atoms with Crippen LogP contribution in [-0.2, 0) is 0 Å². The summed E-state index contributed by atoms with van der Waals surface area (Å²) >= 11 is 1.88. The highest BCUT2D eigenvalue weighted by Crippen LogP contribution is 2.30. The second-order valence-corrected chi connectivity index (χ2v) is 5.62. The van der Waals surface area contributed by atoms with E-state index in [1.165, 1.54) is 24.1 Å². The molecule has 0 saturated heterocycles. The molecular weight excluding hydrogens is 190 g/mol. The fourth-order valence-electron chi connectivity index (χ4n) is 1.76. The van der Waals surface area contributed by atoms with E-state index in [2.05, 4.69) is 36.7 Å². The van der Waals surface area contributed by atoms with E-state index in [9.17, 15) is 0 Å². The lowest BCUT2D eigenvalue weighted by Crippen LogP contribution is -2.23. The lowest BCUT2D eigenvalue weighted by Gasteiger charge is -2.19. The van der Waals surface area contributed by atoms with Crippen LogP contribution in [0.15, 0.2) is 17.5 Å². The van der Waals surface area contributed by atoms with Gasteiger partial charge in [-0.05, 0) is 36.6 Å². The Morgan fingerprint density at radius 3 is 2.79 bits per heavy atom. The van der Waals surface area contributed by atoms with Gasteiger partial charge in [0.1, 0.15) is 0 Å². The van der Waals surface area contributed by atoms with Crippen LogP contribution in [0.3, 0.4) is 0 Å². The second kappa shape index (κ2) is 4.45. The Bertz CT molecular complexity index is 258. The van der Waals surface area contributed by atoms with Gasteiger partial charge in [-0.2, -0.15) is 0 Å². The van der Waals surface area contributed by atoms with Crippen LogP contribution in [0.1, 0.15) is 44.0 Å². The molecule has 1 heterocycles. The molecule has 0 spiro atoms. The SMILES string of the molecule is CC(C)CC(NC1CC1)c1cccs1. The van der Waals surface area contributed by atoms with Gasteiger partial charge in [0, 0.05) is 17.0 Å². The van der Waals surface area contributed by atoms with E-state index < -0.39 is 0 Å². The molecule has 1 nitrogen and oxygen atoms in total. The third-order valence-electron chi connectivity index (χ3n) is 2.61. The molecule has 1 N–H and O–H groups in total. The maximum atomic E-state index is 3.74. The average molecular weight is 209 g/mol. The molecule has 1 aromatic rings. The fraction of sp³-hybridized carbons (Fsp3) is 0.667. The van der Waals surface area contributed by atoms with Crippen molar-refractivity contribution < 1.29 is 0 Å². The highest BCUT2D eigenvalue weighted by atomic mass is 32.1. The quantitative estimate of drug-likeness (QED) is 0.781. The van der Waals surface area contributed by atoms with Crippen molar-refractivity contribution in [3.63, 3.8) is 0 Å². The summed E-state index contributed by atoms with van der Waals surface area (Å²) in [4.78, 5) is 1.51. The highest BCUT2D eigenvalue weighted by Gasteiger charge is 2.25. The van der Waals surface area contributed by atoms with Gasteiger partial charge in [-0.1, -0.05) is 19.9 Å². The van der Waals surface area contributed by atoms with E-state index in [0.29, 0.717) is 6.04 Å². The van der Waals surface area contributed by atoms with Gasteiger partial charge in [-0.3, -0.25) is 0 Å². The fourth-order valence-corrected chi connectivity index (χ4v) is 2.56. The van der Waals surface area contributed by atoms with E-state index in [1.54, 1.807) is 0 Å². The molecule has 1 atom stereocenters. The summed E-state index contributed by atoms with van der Waals surface area (Å²) in [6, 6.07) is 5.82. The Morgan fingerprint density at radius 2 is 2.29 bits per heavy atom. The predicted octanol–water partition coefficient (Wildman–Crippen LogP) is 3.59. The van der Waals surface area contributed by atoms with Gasteiger partial charge in [0.25, 0.3) is 0 Å². The first kappa shape index (κ1) is 10.2. The van der Waals surface area contributed by atoms with Crippen molar-refractivity contribution in [3.05, 3.63) is 22.4 Å². The first-order valence-electron chi connectivity index (χ1n) is 5.55. The normalized spacial score (nSPS) is 18.8. The van der Waals surface area contributed by atoms with Crippen LogP contribution in [0, 0.1) is 5.92 Å². The first-order chi connectivity index (χ1) is 6.75. The van der Waals surface area contributed by atoms with Crippen molar-refractivity contribution in [2.75, 3.05) is 0 Å². The van der Waals surface area contributed by atoms with Crippen molar-refractivity contribution >= 4 is 11.3 Å². The van der Waals surface area contributed by atoms with Crippen LogP contribution in [0.2, 0.25) is 0 Å². The third kappa shape index (κ3) is 2.82. The third-order valence-corrected chi connectivity index (χ3v) is 3.59. The molecule has 14 heavy (non-hydrogen) atoms. The monoisotopic (exact) mass is 209 g/mol. The molecule has 78 valence electrons. The summed E-state index contributed by atoms with van der Waals surface area (Å²) in [6.07, 6.45) is 4.01. The molecule has 1 aromatic heterocycles. The molecule has 2 rings (SSSR count). The summed E-state index contributed by atoms with van der Waals surface area (Å²) in [6.45, 7) is 4.60. The lowest BCUT2D eigenvalue weighted by molar-refractivity contribution is 0.432. The van der Waals surface area contributed by atoms with Crippen molar-refractivity contribution in [2.45, 2.75) is 45.2 Å². The van der Waals surface area contributed by atoms with E-state index in [4.69, 9.17) is 0 Å². The summed E-state index contributed by atoms with van der Waals surface area (Å²) in [7, 11) is 0. The molecule has 0 amide bonds. The Hall–Kier alpha value is -0.340. The molecule has 1 aliphatic carbocycles. The van der Waals surface area contributed by atoms with Crippen molar-refractivity contribution in [1.82, 2.24) is 5.32 Å². The summed E-state index contributed by atoms with van der Waals surface area (Å²) in [5.41, 5.74) is 0.